The molecule has 0 aliphatic heterocycles. The average Bonchev–Trinajstić information content (AvgIpc) is 2.38. The second-order valence-corrected chi connectivity index (χ2v) is 4.47. The molecule has 0 radical (unpaired) electrons. The summed E-state index contributed by atoms with van der Waals surface area (Å²) >= 11 is 3.40. The second-order valence-electron chi connectivity index (χ2n) is 3.62. The van der Waals surface area contributed by atoms with Gasteiger partial charge in [0.1, 0.15) is 6.26 Å². The summed E-state index contributed by atoms with van der Waals surface area (Å²) in [4.78, 5) is 22.5. The van der Waals surface area contributed by atoms with Gasteiger partial charge in [-0.25, -0.2) is 4.79 Å². The number of rotatable bonds is 3. The fourth-order valence-corrected chi connectivity index (χ4v) is 1.83. The lowest BCUT2D eigenvalue weighted by atomic mass is 10.2. The minimum atomic E-state index is -0.475. The molecule has 0 bridgehead atoms. The monoisotopic (exact) mass is 307 g/mol. The highest BCUT2D eigenvalue weighted by Crippen LogP contribution is 2.15. The van der Waals surface area contributed by atoms with Gasteiger partial charge >= 0.3 is 5.63 Å². The first-order valence-electron chi connectivity index (χ1n) is 5.27. The lowest BCUT2D eigenvalue weighted by Gasteiger charge is -2.06. The van der Waals surface area contributed by atoms with Gasteiger partial charge in [0.2, 0.25) is 0 Å². The van der Waals surface area contributed by atoms with E-state index in [4.69, 9.17) is 0 Å². The zero-order valence-corrected chi connectivity index (χ0v) is 10.9. The van der Waals surface area contributed by atoms with Crippen LogP contribution in [0, 0.1) is 0 Å². The first-order chi connectivity index (χ1) is 8.66. The van der Waals surface area contributed by atoms with Gasteiger partial charge in [0.15, 0.2) is 0 Å². The first kappa shape index (κ1) is 12.6. The summed E-state index contributed by atoms with van der Waals surface area (Å²) in [6, 6.07) is 10.3. The Labute approximate surface area is 112 Å². The summed E-state index contributed by atoms with van der Waals surface area (Å²) in [5.41, 5.74) is 0.822. The highest BCUT2D eigenvalue weighted by atomic mass is 79.9. The molecule has 5 heteroatoms. The van der Waals surface area contributed by atoms with Crippen LogP contribution in [-0.4, -0.2) is 5.91 Å². The Hall–Kier alpha value is -1.88. The maximum Gasteiger partial charge on any atom is 0.335 e. The summed E-state index contributed by atoms with van der Waals surface area (Å²) < 4.78 is 5.56. The molecule has 0 saturated carbocycles. The van der Waals surface area contributed by atoms with Crippen LogP contribution in [0.4, 0.5) is 0 Å². The van der Waals surface area contributed by atoms with E-state index in [9.17, 15) is 9.59 Å². The topological polar surface area (TPSA) is 59.3 Å². The molecule has 2 rings (SSSR count). The van der Waals surface area contributed by atoms with E-state index in [-0.39, 0.29) is 5.91 Å². The van der Waals surface area contributed by atoms with Crippen LogP contribution in [0.5, 0.6) is 0 Å². The predicted molar refractivity (Wildman–Crippen MR) is 70.3 cm³/mol. The zero-order chi connectivity index (χ0) is 13.0. The van der Waals surface area contributed by atoms with Gasteiger partial charge in [-0.05, 0) is 17.7 Å². The van der Waals surface area contributed by atoms with Gasteiger partial charge in [0.05, 0.1) is 5.56 Å². The molecule has 0 unspecified atom stereocenters. The number of nitrogens with one attached hydrogen (secondary N) is 1. The van der Waals surface area contributed by atoms with Gasteiger partial charge in [-0.15, -0.1) is 0 Å². The van der Waals surface area contributed by atoms with Crippen molar-refractivity contribution in [1.82, 2.24) is 5.32 Å². The van der Waals surface area contributed by atoms with Crippen LogP contribution in [-0.2, 0) is 6.54 Å². The fourth-order valence-electron chi connectivity index (χ4n) is 1.41. The summed E-state index contributed by atoms with van der Waals surface area (Å²) in [7, 11) is 0. The molecule has 1 heterocycles. The Morgan fingerprint density at radius 2 is 2.00 bits per heavy atom. The highest BCUT2D eigenvalue weighted by molar-refractivity contribution is 9.10. The third-order valence-electron chi connectivity index (χ3n) is 2.36. The zero-order valence-electron chi connectivity index (χ0n) is 9.35. The molecule has 0 fully saturated rings. The molecule has 1 aromatic carbocycles. The van der Waals surface area contributed by atoms with Crippen molar-refractivity contribution in [3.63, 3.8) is 0 Å². The molecule has 0 atom stereocenters. The minimum absolute atomic E-state index is 0.283. The van der Waals surface area contributed by atoms with Crippen molar-refractivity contribution in [2.75, 3.05) is 0 Å². The number of carbonyl (C=O) groups is 1. The molecule has 1 N–H and O–H groups in total. The molecule has 0 aliphatic carbocycles. The van der Waals surface area contributed by atoms with Gasteiger partial charge in [-0.3, -0.25) is 4.79 Å². The number of benzene rings is 1. The van der Waals surface area contributed by atoms with Crippen LogP contribution in [0.25, 0.3) is 0 Å². The molecular formula is C13H10BrNO3. The van der Waals surface area contributed by atoms with E-state index in [1.165, 1.54) is 12.1 Å². The van der Waals surface area contributed by atoms with Crippen LogP contribution < -0.4 is 10.9 Å². The molecule has 18 heavy (non-hydrogen) atoms. The van der Waals surface area contributed by atoms with Crippen molar-refractivity contribution in [3.8, 4) is 0 Å². The molecule has 92 valence electrons. The third kappa shape index (κ3) is 3.07. The van der Waals surface area contributed by atoms with Gasteiger partial charge in [0.25, 0.3) is 5.91 Å². The van der Waals surface area contributed by atoms with E-state index >= 15 is 0 Å². The van der Waals surface area contributed by atoms with Crippen LogP contribution >= 0.6 is 15.9 Å². The summed E-state index contributed by atoms with van der Waals surface area (Å²) in [6.45, 7) is 0.402. The average molecular weight is 308 g/mol. The quantitative estimate of drug-likeness (QED) is 0.947. The van der Waals surface area contributed by atoms with Crippen molar-refractivity contribution >= 4 is 21.8 Å². The second kappa shape index (κ2) is 5.64. The molecule has 4 nitrogen and oxygen atoms in total. The van der Waals surface area contributed by atoms with Gasteiger partial charge < -0.3 is 9.73 Å². The number of hydrogen-bond acceptors (Lipinski definition) is 3. The van der Waals surface area contributed by atoms with Gasteiger partial charge in [0, 0.05) is 17.1 Å². The summed E-state index contributed by atoms with van der Waals surface area (Å²) in [5.74, 6) is -0.283. The summed E-state index contributed by atoms with van der Waals surface area (Å²) in [5, 5.41) is 2.74. The number of hydrogen-bond donors (Lipinski definition) is 1. The first-order valence-corrected chi connectivity index (χ1v) is 6.06. The van der Waals surface area contributed by atoms with Crippen molar-refractivity contribution in [2.45, 2.75) is 6.54 Å². The summed E-state index contributed by atoms with van der Waals surface area (Å²) in [6.07, 6.45) is 1.15. The fraction of sp³-hybridized carbons (Fsp3) is 0.0769. The Kier molecular flexibility index (Phi) is 3.94. The Morgan fingerprint density at radius 3 is 2.67 bits per heavy atom. The lowest BCUT2D eigenvalue weighted by molar-refractivity contribution is 0.0948. The van der Waals surface area contributed by atoms with Gasteiger partial charge in [-0.1, -0.05) is 34.1 Å². The molecule has 1 amide bonds. The number of amides is 1. The van der Waals surface area contributed by atoms with Crippen molar-refractivity contribution in [3.05, 3.63) is 68.7 Å². The Morgan fingerprint density at radius 1 is 1.22 bits per heavy atom. The van der Waals surface area contributed by atoms with E-state index in [0.29, 0.717) is 12.1 Å². The van der Waals surface area contributed by atoms with Crippen molar-refractivity contribution < 1.29 is 9.21 Å². The van der Waals surface area contributed by atoms with Crippen LogP contribution in [0.1, 0.15) is 15.9 Å². The maximum absolute atomic E-state index is 11.8. The molecule has 0 saturated heterocycles. The van der Waals surface area contributed by atoms with E-state index in [1.807, 2.05) is 24.3 Å². The van der Waals surface area contributed by atoms with Crippen LogP contribution in [0.15, 0.2) is 56.3 Å². The van der Waals surface area contributed by atoms with Crippen molar-refractivity contribution in [2.24, 2.45) is 0 Å². The predicted octanol–water partition coefficient (Wildman–Crippen LogP) is 2.33. The normalized spacial score (nSPS) is 10.1. The van der Waals surface area contributed by atoms with E-state index in [2.05, 4.69) is 25.7 Å². The third-order valence-corrected chi connectivity index (χ3v) is 3.13. The van der Waals surface area contributed by atoms with Crippen molar-refractivity contribution in [1.29, 1.82) is 0 Å². The maximum atomic E-state index is 11.8. The van der Waals surface area contributed by atoms with E-state index in [0.717, 1.165) is 16.3 Å². The standard InChI is InChI=1S/C13H10BrNO3/c14-11-4-2-1-3-9(11)7-15-13(17)10-5-6-12(16)18-8-10/h1-6,8H,7H2,(H,15,17). The Balaban J connectivity index is 2.03. The highest BCUT2D eigenvalue weighted by Gasteiger charge is 2.06. The molecule has 0 aliphatic rings. The van der Waals surface area contributed by atoms with Crippen LogP contribution in [0.3, 0.4) is 0 Å². The molecule has 1 aromatic heterocycles. The number of carbonyl (C=O) groups excluding carboxylic acids is 1. The lowest BCUT2D eigenvalue weighted by Crippen LogP contribution is -2.23. The Bertz CT molecular complexity index is 601. The largest absolute Gasteiger partial charge is 0.430 e. The van der Waals surface area contributed by atoms with E-state index in [1.54, 1.807) is 0 Å². The molecular weight excluding hydrogens is 298 g/mol. The molecule has 2 aromatic rings. The van der Waals surface area contributed by atoms with E-state index < -0.39 is 5.63 Å². The minimum Gasteiger partial charge on any atom is -0.430 e. The molecule has 0 spiro atoms. The van der Waals surface area contributed by atoms with Crippen LogP contribution in [0.2, 0.25) is 0 Å². The number of halogens is 1. The smallest absolute Gasteiger partial charge is 0.335 e. The SMILES string of the molecule is O=C(NCc1ccccc1Br)c1ccc(=O)oc1. The van der Waals surface area contributed by atoms with Gasteiger partial charge in [-0.2, -0.15) is 0 Å².